The van der Waals surface area contributed by atoms with Gasteiger partial charge in [-0.3, -0.25) is 9.59 Å². The molecule has 0 radical (unpaired) electrons. The number of amides is 1. The van der Waals surface area contributed by atoms with Crippen molar-refractivity contribution in [2.24, 2.45) is 0 Å². The van der Waals surface area contributed by atoms with Crippen LogP contribution in [-0.2, 0) is 11.3 Å². The topological polar surface area (TPSA) is 66.8 Å². The first-order valence-corrected chi connectivity index (χ1v) is 12.8. The molecule has 1 fully saturated rings. The van der Waals surface area contributed by atoms with Gasteiger partial charge < -0.3 is 14.7 Å². The fourth-order valence-corrected chi connectivity index (χ4v) is 4.60. The Labute approximate surface area is 216 Å². The zero-order valence-electron chi connectivity index (χ0n) is 22.6. The van der Waals surface area contributed by atoms with E-state index < -0.39 is 12.5 Å². The van der Waals surface area contributed by atoms with Crippen molar-refractivity contribution in [2.45, 2.75) is 63.9 Å². The summed E-state index contributed by atoms with van der Waals surface area (Å²) in [5, 5.41) is 8.80. The molecule has 0 aromatic heterocycles. The summed E-state index contributed by atoms with van der Waals surface area (Å²) >= 11 is 0. The fraction of sp³-hybridized carbons (Fsp3) is 0.355. The molecule has 4 rings (SSSR count). The molecule has 1 N–H and O–H groups in total. The van der Waals surface area contributed by atoms with E-state index in [-0.39, 0.29) is 18.4 Å². The first-order valence-electron chi connectivity index (χ1n) is 13.8. The molecule has 0 aliphatic heterocycles. The van der Waals surface area contributed by atoms with Crippen molar-refractivity contribution >= 4 is 11.9 Å². The first kappa shape index (κ1) is 22.8. The van der Waals surface area contributed by atoms with E-state index in [0.717, 1.165) is 36.8 Å². The van der Waals surface area contributed by atoms with Gasteiger partial charge in [-0.25, -0.2) is 0 Å². The zero-order valence-corrected chi connectivity index (χ0v) is 20.6. The summed E-state index contributed by atoms with van der Waals surface area (Å²) in [4.78, 5) is 26.0. The molecule has 1 aliphatic carbocycles. The molecule has 0 atom stereocenters. The number of unbranched alkanes of at least 4 members (excludes halogenated alkanes) is 2. The number of nitrogens with zero attached hydrogens (tertiary/aromatic N) is 1. The van der Waals surface area contributed by atoms with Crippen LogP contribution in [0.4, 0.5) is 0 Å². The van der Waals surface area contributed by atoms with E-state index in [1.54, 1.807) is 36.4 Å². The summed E-state index contributed by atoms with van der Waals surface area (Å²) in [5.74, 6) is -0.730. The highest BCUT2D eigenvalue weighted by Crippen LogP contribution is 2.30. The van der Waals surface area contributed by atoms with Crippen molar-refractivity contribution in [3.8, 4) is 16.9 Å². The van der Waals surface area contributed by atoms with E-state index in [4.69, 9.17) is 9.84 Å². The highest BCUT2D eigenvalue weighted by atomic mass is 16.5. The van der Waals surface area contributed by atoms with Gasteiger partial charge in [0, 0.05) is 30.1 Å². The molecule has 0 heterocycles. The van der Waals surface area contributed by atoms with Crippen LogP contribution in [0.2, 0.25) is 0 Å². The van der Waals surface area contributed by atoms with E-state index >= 15 is 0 Å². The normalized spacial score (nSPS) is 14.7. The molecule has 0 bridgehead atoms. The third-order valence-electron chi connectivity index (χ3n) is 6.57. The van der Waals surface area contributed by atoms with Gasteiger partial charge in [0.25, 0.3) is 5.91 Å². The quantitative estimate of drug-likeness (QED) is 0.280. The Morgan fingerprint density at radius 2 is 1.53 bits per heavy atom. The van der Waals surface area contributed by atoms with Crippen molar-refractivity contribution in [2.75, 3.05) is 6.61 Å². The van der Waals surface area contributed by atoms with Crippen LogP contribution in [0.5, 0.6) is 5.75 Å². The lowest BCUT2D eigenvalue weighted by Crippen LogP contribution is -2.38. The molecule has 1 aliphatic rings. The molecule has 5 nitrogen and oxygen atoms in total. The third kappa shape index (κ3) is 6.97. The predicted octanol–water partition coefficient (Wildman–Crippen LogP) is 6.96. The average molecular weight is 488 g/mol. The SMILES string of the molecule is [2H]C([2H])(c1ccccc1OCCCCCC(=O)O)N(C(=O)c1ccc(-c2ccccc2)cc1)C1CCCC1. The van der Waals surface area contributed by atoms with Gasteiger partial charge in [0.05, 0.1) is 9.35 Å². The number of carboxylic acid groups (broad SMARTS) is 1. The monoisotopic (exact) mass is 487 g/mol. The minimum absolute atomic E-state index is 0.129. The second-order valence-electron chi connectivity index (χ2n) is 9.22. The summed E-state index contributed by atoms with van der Waals surface area (Å²) in [6.07, 6.45) is 5.55. The van der Waals surface area contributed by atoms with Gasteiger partial charge >= 0.3 is 5.97 Å². The van der Waals surface area contributed by atoms with Gasteiger partial charge in [0.15, 0.2) is 0 Å². The van der Waals surface area contributed by atoms with Crippen molar-refractivity contribution < 1.29 is 22.2 Å². The van der Waals surface area contributed by atoms with Crippen molar-refractivity contribution in [3.05, 3.63) is 90.0 Å². The molecule has 0 unspecified atom stereocenters. The molecule has 36 heavy (non-hydrogen) atoms. The van der Waals surface area contributed by atoms with Gasteiger partial charge in [-0.05, 0) is 61.4 Å². The summed E-state index contributed by atoms with van der Waals surface area (Å²) in [6.45, 7) is -1.73. The maximum absolute atomic E-state index is 13.9. The number of aliphatic carboxylic acids is 1. The van der Waals surface area contributed by atoms with Gasteiger partial charge in [-0.1, -0.05) is 73.5 Å². The average Bonchev–Trinajstić information content (AvgIpc) is 3.45. The minimum atomic E-state index is -2.08. The molecule has 1 amide bonds. The van der Waals surface area contributed by atoms with E-state index in [1.807, 2.05) is 42.5 Å². The number of carbonyl (C=O) groups is 2. The van der Waals surface area contributed by atoms with Crippen molar-refractivity contribution in [1.82, 2.24) is 4.90 Å². The Morgan fingerprint density at radius 1 is 0.861 bits per heavy atom. The summed E-state index contributed by atoms with van der Waals surface area (Å²) in [6, 6.07) is 24.1. The zero-order chi connectivity index (χ0) is 27.0. The number of hydrogen-bond acceptors (Lipinski definition) is 3. The van der Waals surface area contributed by atoms with E-state index in [9.17, 15) is 12.3 Å². The van der Waals surface area contributed by atoms with Gasteiger partial charge in [0.1, 0.15) is 5.75 Å². The number of rotatable bonds is 12. The molecule has 0 saturated heterocycles. The first-order chi connectivity index (χ1) is 18.4. The molecular formula is C31H35NO4. The van der Waals surface area contributed by atoms with Gasteiger partial charge in [-0.2, -0.15) is 0 Å². The lowest BCUT2D eigenvalue weighted by Gasteiger charge is -2.30. The lowest BCUT2D eigenvalue weighted by molar-refractivity contribution is -0.137. The smallest absolute Gasteiger partial charge is 0.303 e. The standard InChI is InChI=1S/C31H35NO4/c33-30(34)17-5-2-10-22-36-29-16-9-6-13-27(29)23-32(28-14-7-8-15-28)31(35)26-20-18-25(19-21-26)24-11-3-1-4-12-24/h1,3-4,6,9,11-13,16,18-21,28H,2,5,7-8,10,14-15,17,22-23H2,(H,33,34)/i23D2. The lowest BCUT2D eigenvalue weighted by atomic mass is 10.0. The van der Waals surface area contributed by atoms with E-state index in [1.165, 1.54) is 4.90 Å². The Balaban J connectivity index is 1.55. The minimum Gasteiger partial charge on any atom is -0.493 e. The Bertz CT molecular complexity index is 1210. The fourth-order valence-electron chi connectivity index (χ4n) is 4.60. The van der Waals surface area contributed by atoms with Crippen LogP contribution in [0.25, 0.3) is 11.1 Å². The van der Waals surface area contributed by atoms with Crippen LogP contribution in [0, 0.1) is 0 Å². The number of carboxylic acids is 1. The predicted molar refractivity (Wildman–Crippen MR) is 142 cm³/mol. The second-order valence-corrected chi connectivity index (χ2v) is 9.22. The summed E-state index contributed by atoms with van der Waals surface area (Å²) in [7, 11) is 0. The molecular weight excluding hydrogens is 450 g/mol. The summed E-state index contributed by atoms with van der Waals surface area (Å²) < 4.78 is 24.4. The van der Waals surface area contributed by atoms with Crippen LogP contribution < -0.4 is 4.74 Å². The highest BCUT2D eigenvalue weighted by molar-refractivity contribution is 5.95. The summed E-state index contributed by atoms with van der Waals surface area (Å²) in [5.41, 5.74) is 2.84. The number of benzene rings is 3. The Kier molecular flexibility index (Phi) is 8.19. The largest absolute Gasteiger partial charge is 0.493 e. The molecule has 3 aromatic rings. The highest BCUT2D eigenvalue weighted by Gasteiger charge is 2.28. The van der Waals surface area contributed by atoms with Gasteiger partial charge in [-0.15, -0.1) is 0 Å². The van der Waals surface area contributed by atoms with Crippen LogP contribution in [0.3, 0.4) is 0 Å². The molecule has 0 spiro atoms. The van der Waals surface area contributed by atoms with Gasteiger partial charge in [0.2, 0.25) is 0 Å². The molecule has 3 aromatic carbocycles. The van der Waals surface area contributed by atoms with E-state index in [2.05, 4.69) is 0 Å². The molecule has 5 heteroatoms. The van der Waals surface area contributed by atoms with Crippen LogP contribution >= 0.6 is 0 Å². The Hall–Kier alpha value is -3.60. The van der Waals surface area contributed by atoms with Crippen molar-refractivity contribution in [1.29, 1.82) is 0 Å². The maximum Gasteiger partial charge on any atom is 0.303 e. The number of hydrogen-bond donors (Lipinski definition) is 1. The van der Waals surface area contributed by atoms with Crippen LogP contribution in [0.15, 0.2) is 78.9 Å². The second kappa shape index (κ2) is 12.9. The number of ether oxygens (including phenoxy) is 1. The van der Waals surface area contributed by atoms with E-state index in [0.29, 0.717) is 42.7 Å². The van der Waals surface area contributed by atoms with Crippen LogP contribution in [0.1, 0.15) is 70.0 Å². The number of para-hydroxylation sites is 1. The number of carbonyl (C=O) groups excluding carboxylic acids is 1. The van der Waals surface area contributed by atoms with Crippen LogP contribution in [-0.4, -0.2) is 34.5 Å². The molecule has 1 saturated carbocycles. The molecule has 188 valence electrons. The Morgan fingerprint density at radius 3 is 2.25 bits per heavy atom. The maximum atomic E-state index is 13.9. The third-order valence-corrected chi connectivity index (χ3v) is 6.57. The van der Waals surface area contributed by atoms with Crippen molar-refractivity contribution in [3.63, 3.8) is 0 Å².